The third kappa shape index (κ3) is 3.42. The highest BCUT2D eigenvalue weighted by atomic mass is 16.5. The maximum Gasteiger partial charge on any atom is 0.161 e. The van der Waals surface area contributed by atoms with Gasteiger partial charge in [-0.05, 0) is 29.8 Å². The van der Waals surface area contributed by atoms with Crippen LogP contribution in [-0.4, -0.2) is 20.8 Å². The van der Waals surface area contributed by atoms with E-state index < -0.39 is 0 Å². The number of ether oxygens (including phenoxy) is 3. The minimum Gasteiger partial charge on any atom is -0.497 e. The van der Waals surface area contributed by atoms with Gasteiger partial charge in [0.2, 0.25) is 0 Å². The normalized spacial score (nSPS) is 11.8. The van der Waals surface area contributed by atoms with E-state index in [1.54, 1.807) is 14.2 Å². The van der Waals surface area contributed by atoms with Crippen LogP contribution in [0.5, 0.6) is 17.2 Å². The van der Waals surface area contributed by atoms with E-state index in [-0.39, 0.29) is 6.04 Å². The zero-order chi connectivity index (χ0) is 14.4. The monoisotopic (exact) mass is 273 g/mol. The summed E-state index contributed by atoms with van der Waals surface area (Å²) >= 11 is 0. The van der Waals surface area contributed by atoms with Crippen LogP contribution in [0.2, 0.25) is 0 Å². The van der Waals surface area contributed by atoms with Crippen LogP contribution in [0, 0.1) is 0 Å². The van der Waals surface area contributed by atoms with Gasteiger partial charge in [0.25, 0.3) is 0 Å². The van der Waals surface area contributed by atoms with E-state index in [0.29, 0.717) is 18.1 Å². The molecule has 2 aromatic carbocycles. The number of nitrogens with two attached hydrogens (primary N) is 1. The number of para-hydroxylation sites is 2. The molecule has 1 atom stereocenters. The molecule has 0 amide bonds. The van der Waals surface area contributed by atoms with Gasteiger partial charge in [0.15, 0.2) is 11.5 Å². The molecule has 0 saturated heterocycles. The predicted molar refractivity (Wildman–Crippen MR) is 78.4 cm³/mol. The Bertz CT molecular complexity index is 540. The molecule has 2 aromatic rings. The van der Waals surface area contributed by atoms with E-state index in [0.717, 1.165) is 11.3 Å². The maximum absolute atomic E-state index is 6.12. The van der Waals surface area contributed by atoms with Crippen LogP contribution in [0.4, 0.5) is 0 Å². The van der Waals surface area contributed by atoms with E-state index in [2.05, 4.69) is 0 Å². The van der Waals surface area contributed by atoms with Crippen LogP contribution in [-0.2, 0) is 0 Å². The summed E-state index contributed by atoms with van der Waals surface area (Å²) in [4.78, 5) is 0. The Kier molecular flexibility index (Phi) is 4.85. The van der Waals surface area contributed by atoms with Crippen LogP contribution in [0.1, 0.15) is 11.6 Å². The average Bonchev–Trinajstić information content (AvgIpc) is 2.53. The molecule has 0 aliphatic heterocycles. The molecule has 2 N–H and O–H groups in total. The lowest BCUT2D eigenvalue weighted by Gasteiger charge is -2.15. The fourth-order valence-electron chi connectivity index (χ4n) is 1.86. The summed E-state index contributed by atoms with van der Waals surface area (Å²) in [7, 11) is 3.26. The maximum atomic E-state index is 6.12. The van der Waals surface area contributed by atoms with Gasteiger partial charge in [-0.2, -0.15) is 0 Å². The summed E-state index contributed by atoms with van der Waals surface area (Å²) in [5.41, 5.74) is 7.12. The Hall–Kier alpha value is -2.20. The minimum atomic E-state index is -0.203. The second-order valence-corrected chi connectivity index (χ2v) is 4.34. The zero-order valence-corrected chi connectivity index (χ0v) is 11.7. The molecule has 0 aliphatic carbocycles. The largest absolute Gasteiger partial charge is 0.497 e. The first-order chi connectivity index (χ1) is 9.74. The third-order valence-corrected chi connectivity index (χ3v) is 3.03. The van der Waals surface area contributed by atoms with Crippen molar-refractivity contribution in [3.63, 3.8) is 0 Å². The van der Waals surface area contributed by atoms with Gasteiger partial charge in [-0.1, -0.05) is 24.3 Å². The Morgan fingerprint density at radius 1 is 0.900 bits per heavy atom. The SMILES string of the molecule is COc1ccc(C(N)COc2ccccc2OC)cc1. The summed E-state index contributed by atoms with van der Waals surface area (Å²) in [6.45, 7) is 0.382. The topological polar surface area (TPSA) is 53.7 Å². The van der Waals surface area contributed by atoms with Gasteiger partial charge in [0.05, 0.1) is 20.3 Å². The molecule has 2 rings (SSSR count). The van der Waals surface area contributed by atoms with Crippen molar-refractivity contribution in [1.29, 1.82) is 0 Å². The van der Waals surface area contributed by atoms with Crippen molar-refractivity contribution in [1.82, 2.24) is 0 Å². The smallest absolute Gasteiger partial charge is 0.161 e. The highest BCUT2D eigenvalue weighted by Gasteiger charge is 2.09. The van der Waals surface area contributed by atoms with Gasteiger partial charge in [-0.3, -0.25) is 0 Å². The molecule has 0 spiro atoms. The van der Waals surface area contributed by atoms with E-state index in [1.165, 1.54) is 0 Å². The Labute approximate surface area is 119 Å². The number of rotatable bonds is 6. The first-order valence-corrected chi connectivity index (χ1v) is 6.40. The average molecular weight is 273 g/mol. The molecule has 0 aliphatic rings. The molecule has 0 heterocycles. The molecule has 0 fully saturated rings. The molecule has 106 valence electrons. The quantitative estimate of drug-likeness (QED) is 0.879. The number of hydrogen-bond donors (Lipinski definition) is 1. The molecule has 1 unspecified atom stereocenters. The second kappa shape index (κ2) is 6.82. The van der Waals surface area contributed by atoms with Gasteiger partial charge in [0.1, 0.15) is 12.4 Å². The van der Waals surface area contributed by atoms with Crippen LogP contribution < -0.4 is 19.9 Å². The lowest BCUT2D eigenvalue weighted by Crippen LogP contribution is -2.19. The van der Waals surface area contributed by atoms with Crippen LogP contribution >= 0.6 is 0 Å². The lowest BCUT2D eigenvalue weighted by atomic mass is 10.1. The summed E-state index contributed by atoms with van der Waals surface area (Å²) < 4.78 is 16.1. The zero-order valence-electron chi connectivity index (χ0n) is 11.7. The molecule has 0 bridgehead atoms. The van der Waals surface area contributed by atoms with E-state index in [1.807, 2.05) is 48.5 Å². The highest BCUT2D eigenvalue weighted by Crippen LogP contribution is 2.26. The third-order valence-electron chi connectivity index (χ3n) is 3.03. The van der Waals surface area contributed by atoms with Crippen molar-refractivity contribution in [3.05, 3.63) is 54.1 Å². The summed E-state index contributed by atoms with van der Waals surface area (Å²) in [5, 5.41) is 0. The van der Waals surface area contributed by atoms with E-state index in [4.69, 9.17) is 19.9 Å². The number of hydrogen-bond acceptors (Lipinski definition) is 4. The Balaban J connectivity index is 1.98. The highest BCUT2D eigenvalue weighted by molar-refractivity contribution is 5.39. The van der Waals surface area contributed by atoms with E-state index in [9.17, 15) is 0 Å². The molecule has 20 heavy (non-hydrogen) atoms. The molecule has 4 heteroatoms. The van der Waals surface area contributed by atoms with Crippen molar-refractivity contribution in [2.45, 2.75) is 6.04 Å². The van der Waals surface area contributed by atoms with Crippen molar-refractivity contribution in [2.75, 3.05) is 20.8 Å². The Morgan fingerprint density at radius 3 is 2.15 bits per heavy atom. The van der Waals surface area contributed by atoms with Crippen molar-refractivity contribution >= 4 is 0 Å². The van der Waals surface area contributed by atoms with Crippen LogP contribution in [0.25, 0.3) is 0 Å². The molecule has 4 nitrogen and oxygen atoms in total. The second-order valence-electron chi connectivity index (χ2n) is 4.34. The van der Waals surface area contributed by atoms with Crippen molar-refractivity contribution in [2.24, 2.45) is 5.73 Å². The fraction of sp³-hybridized carbons (Fsp3) is 0.250. The summed E-state index contributed by atoms with van der Waals surface area (Å²) in [6, 6.07) is 15.0. The first kappa shape index (κ1) is 14.2. The first-order valence-electron chi connectivity index (χ1n) is 6.40. The molecule has 0 saturated carbocycles. The molecular weight excluding hydrogens is 254 g/mol. The molecular formula is C16H19NO3. The van der Waals surface area contributed by atoms with Crippen LogP contribution in [0.15, 0.2) is 48.5 Å². The van der Waals surface area contributed by atoms with Crippen molar-refractivity contribution in [3.8, 4) is 17.2 Å². The number of benzene rings is 2. The van der Waals surface area contributed by atoms with Gasteiger partial charge >= 0.3 is 0 Å². The van der Waals surface area contributed by atoms with Crippen molar-refractivity contribution < 1.29 is 14.2 Å². The summed E-state index contributed by atoms with van der Waals surface area (Å²) in [5.74, 6) is 2.21. The molecule has 0 radical (unpaired) electrons. The minimum absolute atomic E-state index is 0.203. The molecule has 0 aromatic heterocycles. The summed E-state index contributed by atoms with van der Waals surface area (Å²) in [6.07, 6.45) is 0. The van der Waals surface area contributed by atoms with Gasteiger partial charge < -0.3 is 19.9 Å². The predicted octanol–water partition coefficient (Wildman–Crippen LogP) is 2.78. The van der Waals surface area contributed by atoms with Gasteiger partial charge in [0, 0.05) is 0 Å². The lowest BCUT2D eigenvalue weighted by molar-refractivity contribution is 0.273. The fourth-order valence-corrected chi connectivity index (χ4v) is 1.86. The number of methoxy groups -OCH3 is 2. The standard InChI is InChI=1S/C16H19NO3/c1-18-13-9-7-12(8-10-13)14(17)11-20-16-6-4-3-5-15(16)19-2/h3-10,14H,11,17H2,1-2H3. The van der Waals surface area contributed by atoms with E-state index >= 15 is 0 Å². The Morgan fingerprint density at radius 2 is 1.55 bits per heavy atom. The van der Waals surface area contributed by atoms with Crippen LogP contribution in [0.3, 0.4) is 0 Å². The van der Waals surface area contributed by atoms with Gasteiger partial charge in [-0.25, -0.2) is 0 Å². The van der Waals surface area contributed by atoms with Gasteiger partial charge in [-0.15, -0.1) is 0 Å².